The van der Waals surface area contributed by atoms with Crippen LogP contribution in [-0.2, 0) is 13.0 Å². The number of benzene rings is 2. The topological polar surface area (TPSA) is 45.8 Å². The van der Waals surface area contributed by atoms with E-state index in [-0.39, 0.29) is 12.2 Å². The van der Waals surface area contributed by atoms with Gasteiger partial charge in [-0.3, -0.25) is 4.79 Å². The van der Waals surface area contributed by atoms with E-state index in [0.29, 0.717) is 27.8 Å². The van der Waals surface area contributed by atoms with Gasteiger partial charge in [-0.1, -0.05) is 53.5 Å². The summed E-state index contributed by atoms with van der Waals surface area (Å²) in [5.74, 6) is -0.193. The molecule has 3 aromatic rings. The van der Waals surface area contributed by atoms with E-state index in [1.807, 2.05) is 41.0 Å². The Labute approximate surface area is 156 Å². The molecule has 0 unspecified atom stereocenters. The number of nitriles is 1. The zero-order valence-corrected chi connectivity index (χ0v) is 14.8. The fourth-order valence-corrected chi connectivity index (χ4v) is 3.20. The molecule has 0 spiro atoms. The summed E-state index contributed by atoms with van der Waals surface area (Å²) < 4.78 is 1.87. The van der Waals surface area contributed by atoms with E-state index in [4.69, 9.17) is 28.5 Å². The first-order valence-corrected chi connectivity index (χ1v) is 8.45. The van der Waals surface area contributed by atoms with E-state index < -0.39 is 0 Å². The lowest BCUT2D eigenvalue weighted by Gasteiger charge is -2.13. The molecule has 0 fully saturated rings. The lowest BCUT2D eigenvalue weighted by Crippen LogP contribution is -2.14. The van der Waals surface area contributed by atoms with E-state index in [1.165, 1.54) is 0 Å². The van der Waals surface area contributed by atoms with E-state index in [2.05, 4.69) is 6.07 Å². The molecule has 5 heteroatoms. The van der Waals surface area contributed by atoms with Gasteiger partial charge in [-0.2, -0.15) is 5.26 Å². The van der Waals surface area contributed by atoms with Gasteiger partial charge in [0.15, 0.2) is 0 Å². The van der Waals surface area contributed by atoms with Gasteiger partial charge in [-0.15, -0.1) is 0 Å². The van der Waals surface area contributed by atoms with Crippen LogP contribution >= 0.6 is 23.2 Å². The minimum Gasteiger partial charge on any atom is -0.336 e. The maximum atomic E-state index is 13.0. The third kappa shape index (κ3) is 3.76. The summed E-state index contributed by atoms with van der Waals surface area (Å²) in [6.45, 7) is 0.511. The summed E-state index contributed by atoms with van der Waals surface area (Å²) in [6.07, 6.45) is 0.231. The lowest BCUT2D eigenvalue weighted by atomic mass is 10.1. The maximum Gasteiger partial charge on any atom is 0.210 e. The molecule has 0 radical (unpaired) electrons. The van der Waals surface area contributed by atoms with Crippen LogP contribution in [-0.4, -0.2) is 10.4 Å². The van der Waals surface area contributed by atoms with Crippen molar-refractivity contribution in [3.63, 3.8) is 0 Å². The molecule has 1 heterocycles. The van der Waals surface area contributed by atoms with Gasteiger partial charge in [-0.25, -0.2) is 0 Å². The summed E-state index contributed by atoms with van der Waals surface area (Å²) in [4.78, 5) is 13.0. The second kappa shape index (κ2) is 7.57. The van der Waals surface area contributed by atoms with Crippen molar-refractivity contribution in [2.24, 2.45) is 0 Å². The Morgan fingerprint density at radius 3 is 2.48 bits per heavy atom. The Morgan fingerprint density at radius 2 is 1.80 bits per heavy atom. The Hall–Kier alpha value is -2.54. The van der Waals surface area contributed by atoms with Crippen LogP contribution in [0.2, 0.25) is 10.0 Å². The third-order valence-electron chi connectivity index (χ3n) is 3.92. The average Bonchev–Trinajstić information content (AvgIpc) is 2.98. The van der Waals surface area contributed by atoms with Crippen molar-refractivity contribution in [3.05, 3.63) is 93.2 Å². The molecule has 25 heavy (non-hydrogen) atoms. The van der Waals surface area contributed by atoms with Crippen molar-refractivity contribution in [1.29, 1.82) is 5.26 Å². The van der Waals surface area contributed by atoms with Crippen molar-refractivity contribution >= 4 is 29.0 Å². The molecule has 0 amide bonds. The van der Waals surface area contributed by atoms with Gasteiger partial charge in [0.25, 0.3) is 0 Å². The Bertz CT molecular complexity index is 956. The van der Waals surface area contributed by atoms with Gasteiger partial charge in [0.05, 0.1) is 23.2 Å². The van der Waals surface area contributed by atoms with Crippen LogP contribution < -0.4 is 0 Å². The molecule has 0 aliphatic carbocycles. The fraction of sp³-hybridized carbons (Fsp3) is 0.100. The Balaban J connectivity index is 2.03. The highest BCUT2D eigenvalue weighted by Gasteiger charge is 2.19. The standard InChI is InChI=1S/C20H14Cl2N2O/c21-15-6-8-17(18(22)12-15)20(25)19-9-7-16(10-11-23)24(19)13-14-4-2-1-3-5-14/h1-9,12H,10,13H2. The maximum absolute atomic E-state index is 13.0. The van der Waals surface area contributed by atoms with Gasteiger partial charge in [0.2, 0.25) is 5.78 Å². The zero-order chi connectivity index (χ0) is 17.8. The number of nitrogens with zero attached hydrogens (tertiary/aromatic N) is 2. The van der Waals surface area contributed by atoms with Crippen LogP contribution in [0, 0.1) is 11.3 Å². The molecule has 0 saturated heterocycles. The SMILES string of the molecule is N#CCc1ccc(C(=O)c2ccc(Cl)cc2Cl)n1Cc1ccccc1. The minimum atomic E-state index is -0.193. The first-order chi connectivity index (χ1) is 12.1. The number of carbonyl (C=O) groups is 1. The molecule has 1 aromatic heterocycles. The van der Waals surface area contributed by atoms with Crippen LogP contribution in [0.1, 0.15) is 27.3 Å². The van der Waals surface area contributed by atoms with Crippen LogP contribution in [0.5, 0.6) is 0 Å². The predicted molar refractivity (Wildman–Crippen MR) is 99.2 cm³/mol. The highest BCUT2D eigenvalue weighted by atomic mass is 35.5. The van der Waals surface area contributed by atoms with E-state index in [9.17, 15) is 4.79 Å². The first kappa shape index (κ1) is 17.3. The van der Waals surface area contributed by atoms with E-state index >= 15 is 0 Å². The van der Waals surface area contributed by atoms with Crippen molar-refractivity contribution in [3.8, 4) is 6.07 Å². The van der Waals surface area contributed by atoms with Crippen molar-refractivity contribution in [2.75, 3.05) is 0 Å². The second-order valence-electron chi connectivity index (χ2n) is 5.57. The quantitative estimate of drug-likeness (QED) is 0.585. The third-order valence-corrected chi connectivity index (χ3v) is 4.47. The highest BCUT2D eigenvalue weighted by Crippen LogP contribution is 2.25. The molecule has 0 aliphatic rings. The average molecular weight is 369 g/mol. The molecule has 0 atom stereocenters. The largest absolute Gasteiger partial charge is 0.336 e. The number of hydrogen-bond acceptors (Lipinski definition) is 2. The number of ketones is 1. The summed E-state index contributed by atoms with van der Waals surface area (Å²) in [7, 11) is 0. The molecule has 0 aliphatic heterocycles. The number of halogens is 2. The van der Waals surface area contributed by atoms with Crippen molar-refractivity contribution < 1.29 is 4.79 Å². The highest BCUT2D eigenvalue weighted by molar-refractivity contribution is 6.37. The van der Waals surface area contributed by atoms with Gasteiger partial charge in [0, 0.05) is 22.8 Å². The van der Waals surface area contributed by atoms with Crippen LogP contribution in [0.3, 0.4) is 0 Å². The second-order valence-corrected chi connectivity index (χ2v) is 6.41. The van der Waals surface area contributed by atoms with Gasteiger partial charge >= 0.3 is 0 Å². The number of rotatable bonds is 5. The minimum absolute atomic E-state index is 0.193. The smallest absolute Gasteiger partial charge is 0.210 e. The van der Waals surface area contributed by atoms with Crippen LogP contribution in [0.4, 0.5) is 0 Å². The molecule has 3 nitrogen and oxygen atoms in total. The molecule has 124 valence electrons. The Kier molecular flexibility index (Phi) is 5.23. The number of aromatic nitrogens is 1. The zero-order valence-electron chi connectivity index (χ0n) is 13.2. The molecule has 3 rings (SSSR count). The van der Waals surface area contributed by atoms with Crippen LogP contribution in [0.25, 0.3) is 0 Å². The lowest BCUT2D eigenvalue weighted by molar-refractivity contribution is 0.103. The van der Waals surface area contributed by atoms with Gasteiger partial charge < -0.3 is 4.57 Å². The van der Waals surface area contributed by atoms with Crippen molar-refractivity contribution in [2.45, 2.75) is 13.0 Å². The normalized spacial score (nSPS) is 10.4. The summed E-state index contributed by atoms with van der Waals surface area (Å²) in [6, 6.07) is 20.3. The van der Waals surface area contributed by atoms with Gasteiger partial charge in [0.1, 0.15) is 0 Å². The summed E-state index contributed by atoms with van der Waals surface area (Å²) in [5.41, 5.74) is 2.73. The number of hydrogen-bond donors (Lipinski definition) is 0. The number of carbonyl (C=O) groups excluding carboxylic acids is 1. The first-order valence-electron chi connectivity index (χ1n) is 7.69. The molecular formula is C20H14Cl2N2O. The van der Waals surface area contributed by atoms with Crippen LogP contribution in [0.15, 0.2) is 60.7 Å². The predicted octanol–water partition coefficient (Wildman–Crippen LogP) is 5.14. The summed E-state index contributed by atoms with van der Waals surface area (Å²) >= 11 is 12.1. The van der Waals surface area contributed by atoms with Gasteiger partial charge in [-0.05, 0) is 35.9 Å². The molecule has 0 saturated carbocycles. The van der Waals surface area contributed by atoms with Crippen molar-refractivity contribution in [1.82, 2.24) is 4.57 Å². The summed E-state index contributed by atoms with van der Waals surface area (Å²) in [5, 5.41) is 9.86. The molecular weight excluding hydrogens is 355 g/mol. The Morgan fingerprint density at radius 1 is 1.04 bits per heavy atom. The molecule has 0 bridgehead atoms. The van der Waals surface area contributed by atoms with E-state index in [0.717, 1.165) is 11.3 Å². The van der Waals surface area contributed by atoms with E-state index in [1.54, 1.807) is 24.3 Å². The molecule has 0 N–H and O–H groups in total. The fourth-order valence-electron chi connectivity index (χ4n) is 2.71. The monoisotopic (exact) mass is 368 g/mol. The molecule has 2 aromatic carbocycles.